The molecule has 1 saturated heterocycles. The average Bonchev–Trinajstić information content (AvgIpc) is 2.78. The molecule has 124 valence electrons. The van der Waals surface area contributed by atoms with Crippen molar-refractivity contribution in [2.75, 3.05) is 13.1 Å². The van der Waals surface area contributed by atoms with Crippen molar-refractivity contribution in [3.63, 3.8) is 0 Å². The molecule has 1 N–H and O–H groups in total. The van der Waals surface area contributed by atoms with Crippen LogP contribution in [0.25, 0.3) is 11.3 Å². The van der Waals surface area contributed by atoms with Crippen LogP contribution >= 0.6 is 11.3 Å². The summed E-state index contributed by atoms with van der Waals surface area (Å²) in [5, 5.41) is 0. The minimum atomic E-state index is 0.0179. The van der Waals surface area contributed by atoms with Gasteiger partial charge in [0.1, 0.15) is 0 Å². The van der Waals surface area contributed by atoms with Crippen molar-refractivity contribution in [1.29, 1.82) is 0 Å². The number of morpholine rings is 1. The summed E-state index contributed by atoms with van der Waals surface area (Å²) >= 11 is 1.32. The Kier molecular flexibility index (Phi) is 4.71. The lowest BCUT2D eigenvalue weighted by Crippen LogP contribution is -2.44. The summed E-state index contributed by atoms with van der Waals surface area (Å²) in [5.41, 5.74) is 4.54. The third-order valence-corrected chi connectivity index (χ3v) is 5.10. The number of thiazole rings is 1. The van der Waals surface area contributed by atoms with Crippen LogP contribution in [0.2, 0.25) is 0 Å². The number of ether oxygens (including phenoxy) is 1. The Morgan fingerprint density at radius 3 is 2.61 bits per heavy atom. The van der Waals surface area contributed by atoms with Gasteiger partial charge >= 0.3 is 4.87 Å². The molecule has 0 spiro atoms. The molecule has 2 unspecified atom stereocenters. The van der Waals surface area contributed by atoms with E-state index in [4.69, 9.17) is 4.74 Å². The molecule has 2 atom stereocenters. The molecule has 23 heavy (non-hydrogen) atoms. The van der Waals surface area contributed by atoms with Crippen LogP contribution in [-0.2, 0) is 11.3 Å². The maximum Gasteiger partial charge on any atom is 0.305 e. The molecule has 0 saturated carbocycles. The second-order valence-corrected chi connectivity index (χ2v) is 7.65. The second kappa shape index (κ2) is 6.59. The van der Waals surface area contributed by atoms with Gasteiger partial charge in [0.15, 0.2) is 0 Å². The first kappa shape index (κ1) is 16.4. The van der Waals surface area contributed by atoms with Crippen LogP contribution in [0, 0.1) is 13.8 Å². The molecule has 4 nitrogen and oxygen atoms in total. The Labute approximate surface area is 141 Å². The molecule has 1 aliphatic rings. The highest BCUT2D eigenvalue weighted by Gasteiger charge is 2.24. The third kappa shape index (κ3) is 3.74. The lowest BCUT2D eigenvalue weighted by molar-refractivity contribution is -0.0702. The number of rotatable bonds is 3. The fraction of sp³-hybridized carbons (Fsp3) is 0.500. The number of aryl methyl sites for hydroxylation is 2. The molecule has 0 amide bonds. The quantitative estimate of drug-likeness (QED) is 0.938. The Hall–Kier alpha value is -1.43. The summed E-state index contributed by atoms with van der Waals surface area (Å²) in [5.74, 6) is 0. The number of nitrogens with zero attached hydrogens (tertiary/aromatic N) is 1. The number of hydrogen-bond donors (Lipinski definition) is 1. The predicted octanol–water partition coefficient (Wildman–Crippen LogP) is 3.33. The minimum Gasteiger partial charge on any atom is -0.373 e. The molecule has 1 aromatic carbocycles. The van der Waals surface area contributed by atoms with Gasteiger partial charge in [0.05, 0.1) is 17.9 Å². The Bertz CT molecular complexity index is 740. The maximum absolute atomic E-state index is 12.0. The number of aromatic nitrogens is 1. The van der Waals surface area contributed by atoms with Gasteiger partial charge in [-0.3, -0.25) is 9.69 Å². The highest BCUT2D eigenvalue weighted by atomic mass is 32.1. The van der Waals surface area contributed by atoms with Gasteiger partial charge in [-0.15, -0.1) is 0 Å². The largest absolute Gasteiger partial charge is 0.373 e. The van der Waals surface area contributed by atoms with Crippen LogP contribution in [0.15, 0.2) is 23.0 Å². The lowest BCUT2D eigenvalue weighted by atomic mass is 10.0. The van der Waals surface area contributed by atoms with Crippen molar-refractivity contribution >= 4 is 11.3 Å². The van der Waals surface area contributed by atoms with Crippen LogP contribution in [0.3, 0.4) is 0 Å². The fourth-order valence-electron chi connectivity index (χ4n) is 3.40. The van der Waals surface area contributed by atoms with Gasteiger partial charge < -0.3 is 9.72 Å². The molecule has 0 bridgehead atoms. The van der Waals surface area contributed by atoms with E-state index in [1.54, 1.807) is 0 Å². The van der Waals surface area contributed by atoms with E-state index in [0.717, 1.165) is 35.8 Å². The van der Waals surface area contributed by atoms with E-state index in [-0.39, 0.29) is 17.1 Å². The zero-order valence-electron chi connectivity index (χ0n) is 14.2. The summed E-state index contributed by atoms with van der Waals surface area (Å²) in [4.78, 5) is 18.5. The molecule has 1 aromatic heterocycles. The van der Waals surface area contributed by atoms with Gasteiger partial charge in [-0.25, -0.2) is 0 Å². The highest BCUT2D eigenvalue weighted by molar-refractivity contribution is 7.09. The molecular formula is C18H24N2O2S. The van der Waals surface area contributed by atoms with Crippen molar-refractivity contribution in [2.45, 2.75) is 46.4 Å². The summed E-state index contributed by atoms with van der Waals surface area (Å²) in [6, 6.07) is 6.37. The van der Waals surface area contributed by atoms with Crippen molar-refractivity contribution in [2.24, 2.45) is 0 Å². The van der Waals surface area contributed by atoms with E-state index < -0.39 is 0 Å². The first-order valence-electron chi connectivity index (χ1n) is 8.10. The average molecular weight is 332 g/mol. The Morgan fingerprint density at radius 1 is 1.26 bits per heavy atom. The summed E-state index contributed by atoms with van der Waals surface area (Å²) < 4.78 is 5.80. The van der Waals surface area contributed by atoms with Gasteiger partial charge in [-0.2, -0.15) is 0 Å². The number of nitrogens with one attached hydrogen (secondary N) is 1. The van der Waals surface area contributed by atoms with Crippen LogP contribution in [0.4, 0.5) is 0 Å². The maximum atomic E-state index is 12.0. The first-order chi connectivity index (χ1) is 10.9. The molecule has 1 aliphatic heterocycles. The zero-order valence-corrected chi connectivity index (χ0v) is 15.0. The number of H-pyrrole nitrogens is 1. The predicted molar refractivity (Wildman–Crippen MR) is 95.1 cm³/mol. The van der Waals surface area contributed by atoms with Crippen molar-refractivity contribution < 1.29 is 4.74 Å². The summed E-state index contributed by atoms with van der Waals surface area (Å²) in [6.45, 7) is 11.0. The van der Waals surface area contributed by atoms with E-state index in [1.807, 2.05) is 0 Å². The van der Waals surface area contributed by atoms with Gasteiger partial charge in [-0.1, -0.05) is 35.1 Å². The molecule has 0 radical (unpaired) electrons. The molecule has 3 rings (SSSR count). The number of aromatic amines is 1. The molecule has 0 aliphatic carbocycles. The summed E-state index contributed by atoms with van der Waals surface area (Å²) in [7, 11) is 0. The first-order valence-corrected chi connectivity index (χ1v) is 8.91. The zero-order chi connectivity index (χ0) is 16.6. The molecule has 2 aromatic rings. The van der Waals surface area contributed by atoms with E-state index in [9.17, 15) is 4.79 Å². The SMILES string of the molecule is Cc1ccc(-c2[nH]c(=O)sc2CN2CC(C)OC(C)C2)c(C)c1. The Morgan fingerprint density at radius 2 is 1.96 bits per heavy atom. The normalized spacial score (nSPS) is 22.4. The smallest absolute Gasteiger partial charge is 0.305 e. The van der Waals surface area contributed by atoms with Gasteiger partial charge in [0.25, 0.3) is 0 Å². The van der Waals surface area contributed by atoms with E-state index >= 15 is 0 Å². The number of benzene rings is 1. The van der Waals surface area contributed by atoms with E-state index in [1.165, 1.54) is 22.5 Å². The van der Waals surface area contributed by atoms with Crippen LogP contribution in [0.5, 0.6) is 0 Å². The second-order valence-electron chi connectivity index (χ2n) is 6.58. The topological polar surface area (TPSA) is 45.3 Å². The molecule has 5 heteroatoms. The van der Waals surface area contributed by atoms with Gasteiger partial charge in [-0.05, 0) is 33.3 Å². The third-order valence-electron chi connectivity index (χ3n) is 4.24. The molecule has 1 fully saturated rings. The van der Waals surface area contributed by atoms with Crippen LogP contribution < -0.4 is 4.87 Å². The molecule has 2 heterocycles. The summed E-state index contributed by atoms with van der Waals surface area (Å²) in [6.07, 6.45) is 0.470. The van der Waals surface area contributed by atoms with E-state index in [2.05, 4.69) is 55.8 Å². The van der Waals surface area contributed by atoms with Gasteiger partial charge in [0, 0.05) is 30.1 Å². The Balaban J connectivity index is 1.90. The standard InChI is InChI=1S/C18H24N2O2S/c1-11-5-6-15(12(2)7-11)17-16(23-18(21)19-17)10-20-8-13(3)22-14(4)9-20/h5-7,13-14H,8-10H2,1-4H3,(H,19,21). The van der Waals surface area contributed by atoms with Crippen LogP contribution in [0.1, 0.15) is 29.9 Å². The fourth-order valence-corrected chi connectivity index (χ4v) is 4.29. The minimum absolute atomic E-state index is 0.0179. The van der Waals surface area contributed by atoms with Gasteiger partial charge in [0.2, 0.25) is 0 Å². The van der Waals surface area contributed by atoms with Crippen molar-refractivity contribution in [3.8, 4) is 11.3 Å². The van der Waals surface area contributed by atoms with Crippen LogP contribution in [-0.4, -0.2) is 35.2 Å². The van der Waals surface area contributed by atoms with E-state index in [0.29, 0.717) is 0 Å². The van der Waals surface area contributed by atoms with Crippen molar-refractivity contribution in [3.05, 3.63) is 43.9 Å². The molecular weight excluding hydrogens is 308 g/mol. The highest BCUT2D eigenvalue weighted by Crippen LogP contribution is 2.28. The monoisotopic (exact) mass is 332 g/mol. The number of hydrogen-bond acceptors (Lipinski definition) is 4. The van der Waals surface area contributed by atoms with Crippen molar-refractivity contribution in [1.82, 2.24) is 9.88 Å². The lowest BCUT2D eigenvalue weighted by Gasteiger charge is -2.35.